The van der Waals surface area contributed by atoms with E-state index in [0.717, 1.165) is 0 Å². The lowest BCUT2D eigenvalue weighted by Crippen LogP contribution is -2.43. The normalized spacial score (nSPS) is 22.5. The first-order valence-corrected chi connectivity index (χ1v) is 9.01. The van der Waals surface area contributed by atoms with Gasteiger partial charge in [0, 0.05) is 6.61 Å². The van der Waals surface area contributed by atoms with Gasteiger partial charge in [-0.15, -0.1) is 10.2 Å². The summed E-state index contributed by atoms with van der Waals surface area (Å²) in [5, 5.41) is 19.6. The highest BCUT2D eigenvalue weighted by molar-refractivity contribution is 5.71. The molecule has 0 amide bonds. The molecule has 2 aromatic rings. The third kappa shape index (κ3) is 4.54. The van der Waals surface area contributed by atoms with Crippen molar-refractivity contribution < 1.29 is 40.6 Å². The number of halogens is 6. The van der Waals surface area contributed by atoms with E-state index in [1.165, 1.54) is 13.8 Å². The van der Waals surface area contributed by atoms with E-state index in [1.54, 1.807) is 0 Å². The topological polar surface area (TPSA) is 119 Å². The minimum absolute atomic E-state index is 0.158. The van der Waals surface area contributed by atoms with Crippen LogP contribution in [0.3, 0.4) is 0 Å². The van der Waals surface area contributed by atoms with Crippen LogP contribution in [0.1, 0.15) is 38.1 Å². The second-order valence-corrected chi connectivity index (χ2v) is 7.76. The fraction of sp³-hybridized carbons (Fsp3) is 0.588. The van der Waals surface area contributed by atoms with Gasteiger partial charge < -0.3 is 25.3 Å². The van der Waals surface area contributed by atoms with Crippen LogP contribution in [0, 0.1) is 0 Å². The predicted octanol–water partition coefficient (Wildman–Crippen LogP) is 3.48. The van der Waals surface area contributed by atoms with Crippen molar-refractivity contribution in [3.8, 4) is 11.6 Å². The van der Waals surface area contributed by atoms with Crippen molar-refractivity contribution >= 4 is 11.5 Å². The number of nitrogens with two attached hydrogens (primary N) is 1. The molecule has 172 valence electrons. The summed E-state index contributed by atoms with van der Waals surface area (Å²) >= 11 is 0. The Hall–Kier alpha value is -2.61. The smallest absolute Gasteiger partial charge is 0.416 e. The van der Waals surface area contributed by atoms with E-state index in [4.69, 9.17) is 14.9 Å². The van der Waals surface area contributed by atoms with Crippen LogP contribution < -0.4 is 11.1 Å². The summed E-state index contributed by atoms with van der Waals surface area (Å²) in [5.41, 5.74) is -1.12. The molecule has 1 aliphatic heterocycles. The molecular formula is C17H19F6N5O3. The molecule has 0 saturated carbocycles. The Morgan fingerprint density at radius 3 is 2.45 bits per heavy atom. The molecule has 31 heavy (non-hydrogen) atoms. The molecule has 8 nitrogen and oxygen atoms in total. The highest BCUT2D eigenvalue weighted by Crippen LogP contribution is 2.44. The molecule has 0 aliphatic carbocycles. The van der Waals surface area contributed by atoms with Gasteiger partial charge in [-0.25, -0.2) is 4.98 Å². The van der Waals surface area contributed by atoms with Crippen molar-refractivity contribution in [3.05, 3.63) is 17.5 Å². The number of fused-ring (bicyclic) bond motifs is 5. The van der Waals surface area contributed by atoms with Crippen LogP contribution in [0.25, 0.3) is 11.6 Å². The Morgan fingerprint density at radius 2 is 1.84 bits per heavy atom. The Bertz CT molecular complexity index is 959. The molecule has 4 N–H and O–H groups in total. The van der Waals surface area contributed by atoms with E-state index in [0.29, 0.717) is 6.07 Å². The summed E-state index contributed by atoms with van der Waals surface area (Å²) in [5.74, 6) is -2.49. The lowest BCUT2D eigenvalue weighted by molar-refractivity contribution is -0.277. The third-order valence-electron chi connectivity index (χ3n) is 4.55. The molecule has 3 rings (SSSR count). The summed E-state index contributed by atoms with van der Waals surface area (Å²) in [7, 11) is 0. The number of hydrogen-bond donors (Lipinski definition) is 3. The van der Waals surface area contributed by atoms with Crippen LogP contribution in [0.4, 0.5) is 37.8 Å². The minimum atomic E-state index is -5.17. The third-order valence-corrected chi connectivity index (χ3v) is 4.55. The zero-order valence-corrected chi connectivity index (χ0v) is 16.4. The maximum absolute atomic E-state index is 13.6. The Balaban J connectivity index is 2.21. The summed E-state index contributed by atoms with van der Waals surface area (Å²) < 4.78 is 91.6. The summed E-state index contributed by atoms with van der Waals surface area (Å²) in [4.78, 5) is 3.81. The second kappa shape index (κ2) is 7.51. The average molecular weight is 455 g/mol. The van der Waals surface area contributed by atoms with Crippen LogP contribution in [-0.2, 0) is 16.5 Å². The number of aromatic nitrogens is 3. The fourth-order valence-electron chi connectivity index (χ4n) is 2.98. The lowest BCUT2D eigenvalue weighted by atomic mass is 9.97. The van der Waals surface area contributed by atoms with E-state index in [9.17, 15) is 31.4 Å². The van der Waals surface area contributed by atoms with Gasteiger partial charge in [0.1, 0.15) is 5.82 Å². The maximum Gasteiger partial charge on any atom is 0.426 e. The number of rotatable bonds is 0. The van der Waals surface area contributed by atoms with E-state index in [2.05, 4.69) is 20.5 Å². The molecule has 0 saturated heterocycles. The average Bonchev–Trinajstić information content (AvgIpc) is 3.09. The molecule has 0 radical (unpaired) electrons. The molecule has 3 heterocycles. The highest BCUT2D eigenvalue weighted by Gasteiger charge is 2.58. The van der Waals surface area contributed by atoms with Crippen LogP contribution in [0.5, 0.6) is 0 Å². The van der Waals surface area contributed by atoms with Crippen LogP contribution in [-0.4, -0.2) is 45.2 Å². The van der Waals surface area contributed by atoms with E-state index in [1.807, 2.05) is 0 Å². The van der Waals surface area contributed by atoms with Gasteiger partial charge in [-0.2, -0.15) is 26.3 Å². The number of nitrogens with one attached hydrogen (secondary N) is 1. The number of aliphatic hydroxyl groups is 1. The van der Waals surface area contributed by atoms with Crippen LogP contribution in [0.2, 0.25) is 0 Å². The van der Waals surface area contributed by atoms with Gasteiger partial charge >= 0.3 is 12.4 Å². The largest absolute Gasteiger partial charge is 0.426 e. The van der Waals surface area contributed by atoms with E-state index in [-0.39, 0.29) is 19.6 Å². The zero-order valence-electron chi connectivity index (χ0n) is 16.4. The molecule has 4 bridgehead atoms. The number of nitrogen functional groups attached to an aromatic ring is 1. The number of ether oxygens (including phenoxy) is 1. The van der Waals surface area contributed by atoms with E-state index >= 15 is 0 Å². The monoisotopic (exact) mass is 455 g/mol. The standard InChI is InChI=1S/C17H19F6N5O3/c1-14(2)7-30-5-3-4-15(29,17(21,22)23)13-28-27-12(31-13)10-9(24)6-8(16(18,19)20)11(25-10)26-14/h6,29H,3-5,7,24H2,1-2H3,(H,25,26). The van der Waals surface area contributed by atoms with Gasteiger partial charge in [0.05, 0.1) is 23.4 Å². The minimum Gasteiger partial charge on any atom is -0.416 e. The first-order valence-electron chi connectivity index (χ1n) is 9.01. The molecule has 0 fully saturated rings. The quantitative estimate of drug-likeness (QED) is 0.517. The Morgan fingerprint density at radius 1 is 1.16 bits per heavy atom. The molecule has 1 atom stereocenters. The molecular weight excluding hydrogens is 436 g/mol. The van der Waals surface area contributed by atoms with Gasteiger partial charge in [0.2, 0.25) is 5.60 Å². The van der Waals surface area contributed by atoms with Gasteiger partial charge in [-0.3, -0.25) is 0 Å². The molecule has 0 aromatic carbocycles. The number of nitrogens with zero attached hydrogens (tertiary/aromatic N) is 3. The van der Waals surface area contributed by atoms with Crippen molar-refractivity contribution in [1.29, 1.82) is 0 Å². The molecule has 0 spiro atoms. The first kappa shape index (κ1) is 23.1. The lowest BCUT2D eigenvalue weighted by Gasteiger charge is -2.30. The summed E-state index contributed by atoms with van der Waals surface area (Å²) in [6.07, 6.45) is -11.1. The maximum atomic E-state index is 13.6. The van der Waals surface area contributed by atoms with Crippen molar-refractivity contribution in [3.63, 3.8) is 0 Å². The SMILES string of the molecule is CC1(C)COCCCC(O)(C(F)(F)F)c2nnc(o2)-c2nc(c(C(F)(F)F)cc2N)N1. The van der Waals surface area contributed by atoms with Gasteiger partial charge in [-0.1, -0.05) is 0 Å². The van der Waals surface area contributed by atoms with E-state index < -0.39 is 64.5 Å². The predicted molar refractivity (Wildman–Crippen MR) is 94.6 cm³/mol. The summed E-state index contributed by atoms with van der Waals surface area (Å²) in [6.45, 7) is 2.67. The second-order valence-electron chi connectivity index (χ2n) is 7.76. The highest BCUT2D eigenvalue weighted by atomic mass is 19.4. The number of pyridine rings is 1. The fourth-order valence-corrected chi connectivity index (χ4v) is 2.98. The molecule has 1 unspecified atom stereocenters. The number of anilines is 2. The number of alkyl halides is 6. The van der Waals surface area contributed by atoms with Gasteiger partial charge in [0.15, 0.2) is 5.69 Å². The van der Waals surface area contributed by atoms with Crippen molar-refractivity contribution in [2.75, 3.05) is 24.3 Å². The Labute approximate surface area is 171 Å². The zero-order chi connectivity index (χ0) is 23.2. The first-order chi connectivity index (χ1) is 14.1. The van der Waals surface area contributed by atoms with Crippen LogP contribution in [0.15, 0.2) is 10.5 Å². The Kier molecular flexibility index (Phi) is 5.59. The molecule has 1 aliphatic rings. The molecule has 2 aromatic heterocycles. The van der Waals surface area contributed by atoms with Crippen molar-refractivity contribution in [2.24, 2.45) is 0 Å². The van der Waals surface area contributed by atoms with Crippen molar-refractivity contribution in [2.45, 2.75) is 50.2 Å². The summed E-state index contributed by atoms with van der Waals surface area (Å²) in [6, 6.07) is 0.563. The van der Waals surface area contributed by atoms with Crippen molar-refractivity contribution in [1.82, 2.24) is 15.2 Å². The van der Waals surface area contributed by atoms with Crippen LogP contribution >= 0.6 is 0 Å². The van der Waals surface area contributed by atoms with Gasteiger partial charge in [0.25, 0.3) is 11.8 Å². The molecule has 14 heteroatoms. The number of hydrogen-bond acceptors (Lipinski definition) is 8. The van der Waals surface area contributed by atoms with Gasteiger partial charge in [-0.05, 0) is 32.8 Å².